The fraction of sp³-hybridized carbons (Fsp3) is 0.462. The average molecular weight is 435 g/mol. The predicted octanol–water partition coefficient (Wildman–Crippen LogP) is 3.38. The van der Waals surface area contributed by atoms with Crippen LogP contribution in [0.2, 0.25) is 0 Å². The van der Waals surface area contributed by atoms with Gasteiger partial charge in [0.2, 0.25) is 0 Å². The van der Waals surface area contributed by atoms with Gasteiger partial charge in [-0.3, -0.25) is 9.79 Å². The highest BCUT2D eigenvalue weighted by Crippen LogP contribution is 2.43. The van der Waals surface area contributed by atoms with Crippen molar-refractivity contribution in [2.24, 2.45) is 4.99 Å². The molecule has 1 heterocycles. The van der Waals surface area contributed by atoms with Gasteiger partial charge in [0.15, 0.2) is 5.96 Å². The van der Waals surface area contributed by atoms with Crippen LogP contribution in [0.15, 0.2) is 59.6 Å². The number of rotatable bonds is 8. The number of benzene rings is 2. The second-order valence-electron chi connectivity index (χ2n) is 8.82. The van der Waals surface area contributed by atoms with Crippen LogP contribution in [0.4, 0.5) is 0 Å². The first-order valence-electron chi connectivity index (χ1n) is 11.7. The molecule has 1 amide bonds. The molecule has 6 heteroatoms. The highest BCUT2D eigenvalue weighted by atomic mass is 16.5. The summed E-state index contributed by atoms with van der Waals surface area (Å²) in [5.41, 5.74) is 3.30. The summed E-state index contributed by atoms with van der Waals surface area (Å²) in [5, 5.41) is 9.89. The average Bonchev–Trinajstić information content (AvgIpc) is 3.33. The standard InChI is InChI=1S/C26H34N4O2/c1-27-25(30-19-26(13-7-14-26)22-10-3-2-4-11-22)29-17-20-8-5-9-21(16-20)24(31)28-18-23-12-6-15-32-23/h2-5,8-11,16,23H,6-7,12-15,17-19H2,1H3,(H,28,31)(H2,27,29,30). The van der Waals surface area contributed by atoms with Gasteiger partial charge in [-0.25, -0.2) is 0 Å². The first-order chi connectivity index (χ1) is 15.7. The maximum atomic E-state index is 12.5. The van der Waals surface area contributed by atoms with Crippen molar-refractivity contribution >= 4 is 11.9 Å². The summed E-state index contributed by atoms with van der Waals surface area (Å²) in [6.45, 7) is 2.83. The van der Waals surface area contributed by atoms with Crippen LogP contribution in [-0.2, 0) is 16.7 Å². The molecule has 4 rings (SSSR count). The van der Waals surface area contributed by atoms with Crippen LogP contribution in [-0.4, -0.2) is 44.7 Å². The maximum absolute atomic E-state index is 12.5. The van der Waals surface area contributed by atoms with Gasteiger partial charge in [-0.1, -0.05) is 48.9 Å². The lowest BCUT2D eigenvalue weighted by atomic mass is 9.64. The summed E-state index contributed by atoms with van der Waals surface area (Å²) in [5.74, 6) is 0.722. The monoisotopic (exact) mass is 434 g/mol. The molecule has 3 N–H and O–H groups in total. The van der Waals surface area contributed by atoms with E-state index < -0.39 is 0 Å². The van der Waals surface area contributed by atoms with Gasteiger partial charge in [-0.05, 0) is 48.9 Å². The molecule has 1 aliphatic heterocycles. The lowest BCUT2D eigenvalue weighted by Gasteiger charge is -2.43. The molecule has 0 radical (unpaired) electrons. The van der Waals surface area contributed by atoms with Gasteiger partial charge in [0.25, 0.3) is 5.91 Å². The molecule has 1 atom stereocenters. The van der Waals surface area contributed by atoms with Gasteiger partial charge in [-0.15, -0.1) is 0 Å². The number of aliphatic imine (C=N–C) groups is 1. The molecule has 6 nitrogen and oxygen atoms in total. The Kier molecular flexibility index (Phi) is 7.43. The first-order valence-corrected chi connectivity index (χ1v) is 11.7. The molecular weight excluding hydrogens is 400 g/mol. The molecule has 0 aromatic heterocycles. The summed E-state index contributed by atoms with van der Waals surface area (Å²) in [6, 6.07) is 18.5. The lowest BCUT2D eigenvalue weighted by Crippen LogP contribution is -2.48. The topological polar surface area (TPSA) is 74.8 Å². The van der Waals surface area contributed by atoms with Gasteiger partial charge in [0.1, 0.15) is 0 Å². The molecule has 0 bridgehead atoms. The first kappa shape index (κ1) is 22.3. The fourth-order valence-corrected chi connectivity index (χ4v) is 4.56. The third-order valence-corrected chi connectivity index (χ3v) is 6.68. The zero-order chi connectivity index (χ0) is 22.2. The number of carbonyl (C=O) groups is 1. The van der Waals surface area contributed by atoms with E-state index in [0.29, 0.717) is 18.7 Å². The van der Waals surface area contributed by atoms with Crippen LogP contribution >= 0.6 is 0 Å². The number of ether oxygens (including phenoxy) is 1. The van der Waals surface area contributed by atoms with Gasteiger partial charge >= 0.3 is 0 Å². The summed E-state index contributed by atoms with van der Waals surface area (Å²) in [4.78, 5) is 16.9. The highest BCUT2D eigenvalue weighted by molar-refractivity contribution is 5.94. The Hall–Kier alpha value is -2.86. The van der Waals surface area contributed by atoms with Crippen LogP contribution < -0.4 is 16.0 Å². The molecule has 170 valence electrons. The van der Waals surface area contributed by atoms with E-state index >= 15 is 0 Å². The normalized spacial score (nSPS) is 19.8. The minimum Gasteiger partial charge on any atom is -0.376 e. The molecule has 2 aromatic carbocycles. The second-order valence-corrected chi connectivity index (χ2v) is 8.82. The second kappa shape index (κ2) is 10.6. The quantitative estimate of drug-likeness (QED) is 0.440. The third kappa shape index (κ3) is 5.49. The zero-order valence-corrected chi connectivity index (χ0v) is 18.9. The zero-order valence-electron chi connectivity index (χ0n) is 18.9. The largest absolute Gasteiger partial charge is 0.376 e. The molecule has 0 spiro atoms. The Labute approximate surface area is 190 Å². The molecule has 1 unspecified atom stereocenters. The number of hydrogen-bond donors (Lipinski definition) is 3. The number of amides is 1. The summed E-state index contributed by atoms with van der Waals surface area (Å²) in [7, 11) is 1.79. The predicted molar refractivity (Wildman–Crippen MR) is 128 cm³/mol. The van der Waals surface area contributed by atoms with Crippen molar-refractivity contribution in [3.8, 4) is 0 Å². The van der Waals surface area contributed by atoms with Crippen LogP contribution in [0, 0.1) is 0 Å². The van der Waals surface area contributed by atoms with Crippen LogP contribution in [0.5, 0.6) is 0 Å². The highest BCUT2D eigenvalue weighted by Gasteiger charge is 2.38. The van der Waals surface area contributed by atoms with E-state index in [2.05, 4.69) is 51.3 Å². The van der Waals surface area contributed by atoms with E-state index in [-0.39, 0.29) is 17.4 Å². The van der Waals surface area contributed by atoms with Crippen molar-refractivity contribution in [2.75, 3.05) is 26.7 Å². The molecule has 1 saturated carbocycles. The van der Waals surface area contributed by atoms with Crippen LogP contribution in [0.3, 0.4) is 0 Å². The van der Waals surface area contributed by atoms with Crippen molar-refractivity contribution in [2.45, 2.75) is 50.2 Å². The SMILES string of the molecule is CN=C(NCc1cccc(C(=O)NCC2CCCO2)c1)NCC1(c2ccccc2)CCC1. The number of nitrogens with zero attached hydrogens (tertiary/aromatic N) is 1. The van der Waals surface area contributed by atoms with E-state index in [1.54, 1.807) is 7.05 Å². The smallest absolute Gasteiger partial charge is 0.251 e. The van der Waals surface area contributed by atoms with Crippen molar-refractivity contribution < 1.29 is 9.53 Å². The Morgan fingerprint density at radius 3 is 2.59 bits per heavy atom. The van der Waals surface area contributed by atoms with E-state index in [4.69, 9.17) is 4.74 Å². The molecule has 32 heavy (non-hydrogen) atoms. The van der Waals surface area contributed by atoms with Crippen molar-refractivity contribution in [3.05, 3.63) is 71.3 Å². The minimum atomic E-state index is -0.0559. The van der Waals surface area contributed by atoms with Gasteiger partial charge < -0.3 is 20.7 Å². The molecule has 2 aliphatic rings. The maximum Gasteiger partial charge on any atom is 0.251 e. The Morgan fingerprint density at radius 1 is 1.06 bits per heavy atom. The van der Waals surface area contributed by atoms with Crippen molar-refractivity contribution in [1.29, 1.82) is 0 Å². The summed E-state index contributed by atoms with van der Waals surface area (Å²) in [6.07, 6.45) is 5.90. The Morgan fingerprint density at radius 2 is 1.91 bits per heavy atom. The Bertz CT molecular complexity index is 918. The molecule has 1 aliphatic carbocycles. The summed E-state index contributed by atoms with van der Waals surface area (Å²) >= 11 is 0. The van der Waals surface area contributed by atoms with Gasteiger partial charge in [-0.2, -0.15) is 0 Å². The molecular formula is C26H34N4O2. The molecule has 2 fully saturated rings. The minimum absolute atomic E-state index is 0.0559. The van der Waals surface area contributed by atoms with Gasteiger partial charge in [0.05, 0.1) is 6.10 Å². The van der Waals surface area contributed by atoms with Crippen LogP contribution in [0.1, 0.15) is 53.6 Å². The Balaban J connectivity index is 1.28. The molecule has 1 saturated heterocycles. The number of nitrogens with one attached hydrogen (secondary N) is 3. The fourth-order valence-electron chi connectivity index (χ4n) is 4.56. The lowest BCUT2D eigenvalue weighted by molar-refractivity contribution is 0.0857. The van der Waals surface area contributed by atoms with Crippen molar-refractivity contribution in [3.63, 3.8) is 0 Å². The number of guanidine groups is 1. The number of carbonyl (C=O) groups excluding carboxylic acids is 1. The third-order valence-electron chi connectivity index (χ3n) is 6.68. The number of hydrogen-bond acceptors (Lipinski definition) is 3. The van der Waals surface area contributed by atoms with Crippen molar-refractivity contribution in [1.82, 2.24) is 16.0 Å². The van der Waals surface area contributed by atoms with E-state index in [1.807, 2.05) is 24.3 Å². The summed E-state index contributed by atoms with van der Waals surface area (Å²) < 4.78 is 5.58. The van der Waals surface area contributed by atoms with E-state index in [0.717, 1.165) is 37.5 Å². The van der Waals surface area contributed by atoms with E-state index in [9.17, 15) is 4.79 Å². The van der Waals surface area contributed by atoms with E-state index in [1.165, 1.54) is 24.8 Å². The van der Waals surface area contributed by atoms with Crippen LogP contribution in [0.25, 0.3) is 0 Å². The molecule has 2 aromatic rings. The van der Waals surface area contributed by atoms with Gasteiger partial charge in [0, 0.05) is 44.3 Å².